The van der Waals surface area contributed by atoms with Crippen molar-refractivity contribution in [2.75, 3.05) is 18.4 Å². The Morgan fingerprint density at radius 2 is 1.81 bits per heavy atom. The van der Waals surface area contributed by atoms with Crippen molar-refractivity contribution in [2.45, 2.75) is 45.6 Å². The Morgan fingerprint density at radius 1 is 1.06 bits per heavy atom. The van der Waals surface area contributed by atoms with Crippen LogP contribution in [0.15, 0.2) is 49.1 Å². The van der Waals surface area contributed by atoms with Crippen molar-refractivity contribution in [2.24, 2.45) is 0 Å². The highest BCUT2D eigenvalue weighted by molar-refractivity contribution is 5.94. The maximum absolute atomic E-state index is 12.9. The minimum absolute atomic E-state index is 0.0464. The number of pyridine rings is 2. The molecular formula is C24H28N6O. The molecule has 3 aromatic heterocycles. The van der Waals surface area contributed by atoms with Crippen LogP contribution in [-0.4, -0.2) is 49.9 Å². The van der Waals surface area contributed by atoms with E-state index in [-0.39, 0.29) is 17.9 Å². The van der Waals surface area contributed by atoms with E-state index in [1.807, 2.05) is 42.3 Å². The first kappa shape index (κ1) is 20.9. The first-order chi connectivity index (χ1) is 15.0. The third-order valence-corrected chi connectivity index (χ3v) is 5.55. The van der Waals surface area contributed by atoms with E-state index in [1.165, 1.54) is 0 Å². The van der Waals surface area contributed by atoms with Gasteiger partial charge in [-0.3, -0.25) is 14.8 Å². The van der Waals surface area contributed by atoms with Crippen LogP contribution >= 0.6 is 0 Å². The molecule has 1 aliphatic rings. The Kier molecular flexibility index (Phi) is 6.21. The summed E-state index contributed by atoms with van der Waals surface area (Å²) >= 11 is 0. The number of nitrogens with one attached hydrogen (secondary N) is 1. The van der Waals surface area contributed by atoms with Gasteiger partial charge in [-0.15, -0.1) is 0 Å². The van der Waals surface area contributed by atoms with Crippen LogP contribution in [-0.2, 0) is 0 Å². The SMILES string of the molecule is Cc1ccc(C(=O)N2CCC(c3nc(NC(C)C)ncc3-c3ccncc3)CC2)cn1. The molecular weight excluding hydrogens is 388 g/mol. The Morgan fingerprint density at radius 3 is 2.45 bits per heavy atom. The first-order valence-electron chi connectivity index (χ1n) is 10.8. The topological polar surface area (TPSA) is 83.9 Å². The molecule has 7 heteroatoms. The molecule has 4 rings (SSSR count). The highest BCUT2D eigenvalue weighted by atomic mass is 16.2. The van der Waals surface area contributed by atoms with Gasteiger partial charge in [0.25, 0.3) is 5.91 Å². The average Bonchev–Trinajstić information content (AvgIpc) is 2.79. The number of carbonyl (C=O) groups excluding carboxylic acids is 1. The van der Waals surface area contributed by atoms with E-state index in [0.29, 0.717) is 24.6 Å². The number of anilines is 1. The van der Waals surface area contributed by atoms with Crippen molar-refractivity contribution in [3.8, 4) is 11.1 Å². The van der Waals surface area contributed by atoms with E-state index in [0.717, 1.165) is 35.4 Å². The molecule has 0 aromatic carbocycles. The lowest BCUT2D eigenvalue weighted by Crippen LogP contribution is -2.38. The summed E-state index contributed by atoms with van der Waals surface area (Å²) in [5.74, 6) is 0.955. The zero-order valence-corrected chi connectivity index (χ0v) is 18.2. The number of aromatic nitrogens is 4. The van der Waals surface area contributed by atoms with E-state index in [1.54, 1.807) is 18.6 Å². The summed E-state index contributed by atoms with van der Waals surface area (Å²) in [4.78, 5) is 32.6. The van der Waals surface area contributed by atoms with E-state index in [2.05, 4.69) is 34.1 Å². The lowest BCUT2D eigenvalue weighted by atomic mass is 9.89. The van der Waals surface area contributed by atoms with Crippen LogP contribution in [0.5, 0.6) is 0 Å². The van der Waals surface area contributed by atoms with Gasteiger partial charge in [0.2, 0.25) is 5.95 Å². The zero-order valence-electron chi connectivity index (χ0n) is 18.2. The van der Waals surface area contributed by atoms with Crippen LogP contribution in [0.4, 0.5) is 5.95 Å². The summed E-state index contributed by atoms with van der Waals surface area (Å²) in [6.07, 6.45) is 8.87. The third-order valence-electron chi connectivity index (χ3n) is 5.55. The highest BCUT2D eigenvalue weighted by Crippen LogP contribution is 2.34. The summed E-state index contributed by atoms with van der Waals surface area (Å²) in [7, 11) is 0. The van der Waals surface area contributed by atoms with E-state index in [4.69, 9.17) is 4.98 Å². The summed E-state index contributed by atoms with van der Waals surface area (Å²) in [5.41, 5.74) is 4.68. The van der Waals surface area contributed by atoms with Crippen LogP contribution in [0.1, 0.15) is 54.4 Å². The molecule has 3 aromatic rings. The molecule has 7 nitrogen and oxygen atoms in total. The molecule has 1 saturated heterocycles. The highest BCUT2D eigenvalue weighted by Gasteiger charge is 2.28. The molecule has 0 aliphatic carbocycles. The number of hydrogen-bond donors (Lipinski definition) is 1. The van der Waals surface area contributed by atoms with Crippen LogP contribution in [0.3, 0.4) is 0 Å². The smallest absolute Gasteiger partial charge is 0.255 e. The number of likely N-dealkylation sites (tertiary alicyclic amines) is 1. The summed E-state index contributed by atoms with van der Waals surface area (Å²) in [5, 5.41) is 3.31. The standard InChI is InChI=1S/C24H28N6O/c1-16(2)28-24-27-15-21(18-6-10-25-11-7-18)22(29-24)19-8-12-30(13-9-19)23(31)20-5-4-17(3)26-14-20/h4-7,10-11,14-16,19H,8-9,12-13H2,1-3H3,(H,27,28,29). The second kappa shape index (κ2) is 9.20. The molecule has 0 atom stereocenters. The van der Waals surface area contributed by atoms with Gasteiger partial charge in [-0.05, 0) is 63.4 Å². The van der Waals surface area contributed by atoms with Crippen molar-refractivity contribution in [1.29, 1.82) is 0 Å². The van der Waals surface area contributed by atoms with Crippen molar-refractivity contribution in [3.05, 3.63) is 66.0 Å². The van der Waals surface area contributed by atoms with Gasteiger partial charge >= 0.3 is 0 Å². The van der Waals surface area contributed by atoms with Crippen molar-refractivity contribution >= 4 is 11.9 Å². The minimum Gasteiger partial charge on any atom is -0.352 e. The van der Waals surface area contributed by atoms with Crippen LogP contribution in [0.2, 0.25) is 0 Å². The quantitative estimate of drug-likeness (QED) is 0.675. The number of hydrogen-bond acceptors (Lipinski definition) is 6. The summed E-state index contributed by atoms with van der Waals surface area (Å²) in [6.45, 7) is 7.46. The molecule has 0 spiro atoms. The van der Waals surface area contributed by atoms with Gasteiger partial charge < -0.3 is 10.2 Å². The minimum atomic E-state index is 0.0464. The van der Waals surface area contributed by atoms with Gasteiger partial charge in [-0.25, -0.2) is 9.97 Å². The summed E-state index contributed by atoms with van der Waals surface area (Å²) in [6, 6.07) is 7.96. The van der Waals surface area contributed by atoms with Gasteiger partial charge in [0.05, 0.1) is 11.3 Å². The van der Waals surface area contributed by atoms with Crippen molar-refractivity contribution in [3.63, 3.8) is 0 Å². The monoisotopic (exact) mass is 416 g/mol. The second-order valence-electron chi connectivity index (χ2n) is 8.28. The van der Waals surface area contributed by atoms with E-state index in [9.17, 15) is 4.79 Å². The van der Waals surface area contributed by atoms with Gasteiger partial charge in [0.1, 0.15) is 0 Å². The molecule has 4 heterocycles. The number of aryl methyl sites for hydroxylation is 1. The van der Waals surface area contributed by atoms with Crippen LogP contribution in [0, 0.1) is 6.92 Å². The average molecular weight is 417 g/mol. The van der Waals surface area contributed by atoms with Gasteiger partial charge in [0, 0.05) is 61.1 Å². The molecule has 1 N–H and O–H groups in total. The molecule has 160 valence electrons. The predicted molar refractivity (Wildman–Crippen MR) is 121 cm³/mol. The normalized spacial score (nSPS) is 14.6. The molecule has 1 fully saturated rings. The predicted octanol–water partition coefficient (Wildman–Crippen LogP) is 4.08. The van der Waals surface area contributed by atoms with E-state index >= 15 is 0 Å². The molecule has 0 saturated carbocycles. The molecule has 1 amide bonds. The number of piperidine rings is 1. The maximum atomic E-state index is 12.9. The van der Waals surface area contributed by atoms with Crippen LogP contribution in [0.25, 0.3) is 11.1 Å². The zero-order chi connectivity index (χ0) is 21.8. The Bertz CT molecular complexity index is 1030. The number of carbonyl (C=O) groups is 1. The third kappa shape index (κ3) is 4.87. The fourth-order valence-electron chi connectivity index (χ4n) is 3.92. The maximum Gasteiger partial charge on any atom is 0.255 e. The number of nitrogens with zero attached hydrogens (tertiary/aromatic N) is 5. The molecule has 0 radical (unpaired) electrons. The molecule has 1 aliphatic heterocycles. The molecule has 0 unspecified atom stereocenters. The fraction of sp³-hybridized carbons (Fsp3) is 0.375. The largest absolute Gasteiger partial charge is 0.352 e. The van der Waals surface area contributed by atoms with E-state index < -0.39 is 0 Å². The lowest BCUT2D eigenvalue weighted by Gasteiger charge is -2.32. The Hall–Kier alpha value is -3.35. The second-order valence-corrected chi connectivity index (χ2v) is 8.28. The first-order valence-corrected chi connectivity index (χ1v) is 10.8. The number of rotatable bonds is 5. The summed E-state index contributed by atoms with van der Waals surface area (Å²) < 4.78 is 0. The molecule has 31 heavy (non-hydrogen) atoms. The van der Waals surface area contributed by atoms with Crippen molar-refractivity contribution < 1.29 is 4.79 Å². The van der Waals surface area contributed by atoms with Gasteiger partial charge in [-0.1, -0.05) is 0 Å². The van der Waals surface area contributed by atoms with Crippen LogP contribution < -0.4 is 5.32 Å². The molecule has 0 bridgehead atoms. The lowest BCUT2D eigenvalue weighted by molar-refractivity contribution is 0.0711. The van der Waals surface area contributed by atoms with Gasteiger partial charge in [0.15, 0.2) is 0 Å². The van der Waals surface area contributed by atoms with Crippen molar-refractivity contribution in [1.82, 2.24) is 24.8 Å². The Balaban J connectivity index is 1.55. The van der Waals surface area contributed by atoms with Gasteiger partial charge in [-0.2, -0.15) is 0 Å². The Labute approximate surface area is 183 Å². The fourth-order valence-corrected chi connectivity index (χ4v) is 3.92. The number of amides is 1.